The molecule has 2 nitrogen and oxygen atoms in total. The fraction of sp³-hybridized carbons (Fsp3) is 0.368. The van der Waals surface area contributed by atoms with Crippen LogP contribution in [0.2, 0.25) is 0 Å². The van der Waals surface area contributed by atoms with Gasteiger partial charge in [0.1, 0.15) is 6.10 Å². The predicted octanol–water partition coefficient (Wildman–Crippen LogP) is 3.62. The molecule has 0 amide bonds. The molecule has 21 heavy (non-hydrogen) atoms. The molecule has 2 aromatic rings. The molecular formula is C19H24O2. The smallest absolute Gasteiger partial charge is 0.105 e. The summed E-state index contributed by atoms with van der Waals surface area (Å²) in [5.41, 5.74) is 3.17. The maximum Gasteiger partial charge on any atom is 0.105 e. The van der Waals surface area contributed by atoms with Gasteiger partial charge in [-0.1, -0.05) is 75.4 Å². The van der Waals surface area contributed by atoms with Crippen LogP contribution in [0.1, 0.15) is 43.6 Å². The molecule has 2 atom stereocenters. The molecule has 0 heterocycles. The van der Waals surface area contributed by atoms with Crippen molar-refractivity contribution in [2.45, 2.75) is 44.8 Å². The SMILES string of the molecule is CC(C)(C)c1ccc(CC(O)C(O)c2ccccc2)cc1. The van der Waals surface area contributed by atoms with Crippen LogP contribution in [0.25, 0.3) is 0 Å². The zero-order valence-electron chi connectivity index (χ0n) is 13.0. The van der Waals surface area contributed by atoms with Crippen molar-refractivity contribution in [2.24, 2.45) is 0 Å². The van der Waals surface area contributed by atoms with Crippen LogP contribution in [0, 0.1) is 0 Å². The Morgan fingerprint density at radius 2 is 1.43 bits per heavy atom. The van der Waals surface area contributed by atoms with E-state index in [9.17, 15) is 10.2 Å². The van der Waals surface area contributed by atoms with Gasteiger partial charge in [0.05, 0.1) is 6.10 Å². The Labute approximate surface area is 127 Å². The molecule has 0 bridgehead atoms. The first-order valence-corrected chi connectivity index (χ1v) is 7.38. The number of aliphatic hydroxyl groups is 2. The summed E-state index contributed by atoms with van der Waals surface area (Å²) < 4.78 is 0. The number of rotatable bonds is 4. The minimum absolute atomic E-state index is 0.126. The molecule has 112 valence electrons. The second-order valence-electron chi connectivity index (χ2n) is 6.57. The van der Waals surface area contributed by atoms with Crippen molar-refractivity contribution in [3.05, 3.63) is 71.3 Å². The van der Waals surface area contributed by atoms with Crippen molar-refractivity contribution in [2.75, 3.05) is 0 Å². The van der Waals surface area contributed by atoms with Gasteiger partial charge in [0.25, 0.3) is 0 Å². The van der Waals surface area contributed by atoms with Gasteiger partial charge in [-0.05, 0) is 22.1 Å². The molecule has 0 saturated heterocycles. The van der Waals surface area contributed by atoms with Gasteiger partial charge in [0.2, 0.25) is 0 Å². The Balaban J connectivity index is 2.04. The Morgan fingerprint density at radius 3 is 1.95 bits per heavy atom. The van der Waals surface area contributed by atoms with Gasteiger partial charge >= 0.3 is 0 Å². The van der Waals surface area contributed by atoms with Crippen LogP contribution < -0.4 is 0 Å². The number of benzene rings is 2. The van der Waals surface area contributed by atoms with Crippen LogP contribution >= 0.6 is 0 Å². The Kier molecular flexibility index (Phi) is 4.81. The molecule has 2 aromatic carbocycles. The topological polar surface area (TPSA) is 40.5 Å². The lowest BCUT2D eigenvalue weighted by molar-refractivity contribution is 0.0190. The molecule has 2 unspecified atom stereocenters. The fourth-order valence-corrected chi connectivity index (χ4v) is 2.37. The maximum atomic E-state index is 10.2. The molecule has 2 heteroatoms. The van der Waals surface area contributed by atoms with Crippen LogP contribution in [0.3, 0.4) is 0 Å². The monoisotopic (exact) mass is 284 g/mol. The van der Waals surface area contributed by atoms with E-state index in [4.69, 9.17) is 0 Å². The highest BCUT2D eigenvalue weighted by Gasteiger charge is 2.19. The molecule has 0 aromatic heterocycles. The van der Waals surface area contributed by atoms with E-state index in [0.29, 0.717) is 6.42 Å². The number of hydrogen-bond acceptors (Lipinski definition) is 2. The zero-order valence-corrected chi connectivity index (χ0v) is 13.0. The molecule has 2 rings (SSSR count). The first-order valence-electron chi connectivity index (χ1n) is 7.38. The third-order valence-electron chi connectivity index (χ3n) is 3.77. The number of hydrogen-bond donors (Lipinski definition) is 2. The number of aliphatic hydroxyl groups excluding tert-OH is 2. The molecule has 0 fully saturated rings. The van der Waals surface area contributed by atoms with E-state index in [1.807, 2.05) is 42.5 Å². The Bertz CT molecular complexity index is 552. The molecule has 0 aliphatic heterocycles. The average molecular weight is 284 g/mol. The van der Waals surface area contributed by atoms with Crippen molar-refractivity contribution in [3.63, 3.8) is 0 Å². The quantitative estimate of drug-likeness (QED) is 0.900. The van der Waals surface area contributed by atoms with Crippen LogP contribution in [-0.2, 0) is 11.8 Å². The van der Waals surface area contributed by atoms with E-state index < -0.39 is 12.2 Å². The van der Waals surface area contributed by atoms with Crippen molar-refractivity contribution in [1.29, 1.82) is 0 Å². The van der Waals surface area contributed by atoms with E-state index >= 15 is 0 Å². The second-order valence-corrected chi connectivity index (χ2v) is 6.57. The van der Waals surface area contributed by atoms with E-state index in [1.165, 1.54) is 5.56 Å². The molecule has 0 aliphatic carbocycles. The third kappa shape index (κ3) is 4.16. The Morgan fingerprint density at radius 1 is 0.857 bits per heavy atom. The molecular weight excluding hydrogens is 260 g/mol. The molecule has 0 spiro atoms. The van der Waals surface area contributed by atoms with Gasteiger partial charge in [-0.25, -0.2) is 0 Å². The van der Waals surface area contributed by atoms with E-state index in [2.05, 4.69) is 32.9 Å². The summed E-state index contributed by atoms with van der Waals surface area (Å²) in [6, 6.07) is 17.5. The van der Waals surface area contributed by atoms with Gasteiger partial charge in [0.15, 0.2) is 0 Å². The van der Waals surface area contributed by atoms with Gasteiger partial charge < -0.3 is 10.2 Å². The average Bonchev–Trinajstić information content (AvgIpc) is 2.47. The first kappa shape index (κ1) is 15.7. The van der Waals surface area contributed by atoms with Gasteiger partial charge in [-0.15, -0.1) is 0 Å². The summed E-state index contributed by atoms with van der Waals surface area (Å²) in [7, 11) is 0. The van der Waals surface area contributed by atoms with Crippen molar-refractivity contribution < 1.29 is 10.2 Å². The van der Waals surface area contributed by atoms with Crippen molar-refractivity contribution in [3.8, 4) is 0 Å². The van der Waals surface area contributed by atoms with E-state index in [1.54, 1.807) is 0 Å². The van der Waals surface area contributed by atoms with Crippen molar-refractivity contribution in [1.82, 2.24) is 0 Å². The summed E-state index contributed by atoms with van der Waals surface area (Å²) in [5, 5.41) is 20.4. The lowest BCUT2D eigenvalue weighted by Gasteiger charge is -2.21. The van der Waals surface area contributed by atoms with Gasteiger partial charge in [-0.2, -0.15) is 0 Å². The highest BCUT2D eigenvalue weighted by molar-refractivity contribution is 5.28. The van der Waals surface area contributed by atoms with E-state index in [-0.39, 0.29) is 5.41 Å². The summed E-state index contributed by atoms with van der Waals surface area (Å²) >= 11 is 0. The first-order chi connectivity index (χ1) is 9.88. The minimum atomic E-state index is -0.853. The molecule has 0 radical (unpaired) electrons. The predicted molar refractivity (Wildman–Crippen MR) is 86.3 cm³/mol. The summed E-state index contributed by atoms with van der Waals surface area (Å²) in [6.45, 7) is 6.53. The standard InChI is InChI=1S/C19H24O2/c1-19(2,3)16-11-9-14(10-12-16)13-17(20)18(21)15-7-5-4-6-8-15/h4-12,17-18,20-21H,13H2,1-3H3. The minimum Gasteiger partial charge on any atom is -0.390 e. The van der Waals surface area contributed by atoms with Gasteiger partial charge in [-0.3, -0.25) is 0 Å². The van der Waals surface area contributed by atoms with E-state index in [0.717, 1.165) is 11.1 Å². The Hall–Kier alpha value is -1.64. The largest absolute Gasteiger partial charge is 0.390 e. The van der Waals surface area contributed by atoms with Crippen LogP contribution in [0.4, 0.5) is 0 Å². The fourth-order valence-electron chi connectivity index (χ4n) is 2.37. The van der Waals surface area contributed by atoms with Crippen LogP contribution in [0.15, 0.2) is 54.6 Å². The lowest BCUT2D eigenvalue weighted by Crippen LogP contribution is -2.21. The summed E-state index contributed by atoms with van der Waals surface area (Å²) in [6.07, 6.45) is -1.21. The second kappa shape index (κ2) is 6.42. The summed E-state index contributed by atoms with van der Waals surface area (Å²) in [4.78, 5) is 0. The zero-order chi connectivity index (χ0) is 15.5. The molecule has 2 N–H and O–H groups in total. The van der Waals surface area contributed by atoms with Crippen molar-refractivity contribution >= 4 is 0 Å². The highest BCUT2D eigenvalue weighted by atomic mass is 16.3. The van der Waals surface area contributed by atoms with Crippen LogP contribution in [-0.4, -0.2) is 16.3 Å². The molecule has 0 saturated carbocycles. The lowest BCUT2D eigenvalue weighted by atomic mass is 9.86. The normalized spacial score (nSPS) is 14.7. The molecule has 0 aliphatic rings. The van der Waals surface area contributed by atoms with Crippen LogP contribution in [0.5, 0.6) is 0 Å². The van der Waals surface area contributed by atoms with Gasteiger partial charge in [0, 0.05) is 6.42 Å². The third-order valence-corrected chi connectivity index (χ3v) is 3.77. The maximum absolute atomic E-state index is 10.2. The highest BCUT2D eigenvalue weighted by Crippen LogP contribution is 2.24. The summed E-state index contributed by atoms with van der Waals surface area (Å²) in [5.74, 6) is 0.